The highest BCUT2D eigenvalue weighted by Crippen LogP contribution is 2.08. The highest BCUT2D eigenvalue weighted by atomic mass is 35.5. The second kappa shape index (κ2) is 5.37. The van der Waals surface area contributed by atoms with Crippen LogP contribution in [0.2, 0.25) is 0 Å². The second-order valence-corrected chi connectivity index (χ2v) is 4.89. The largest absolute Gasteiger partial charge is 0.344 e. The van der Waals surface area contributed by atoms with Crippen LogP contribution in [0, 0.1) is 0 Å². The van der Waals surface area contributed by atoms with Crippen LogP contribution in [0.3, 0.4) is 0 Å². The van der Waals surface area contributed by atoms with Crippen molar-refractivity contribution < 1.29 is 4.79 Å². The summed E-state index contributed by atoms with van der Waals surface area (Å²) < 4.78 is 0. The molecule has 14 heavy (non-hydrogen) atoms. The number of carbonyl (C=O) groups is 1. The van der Waals surface area contributed by atoms with Crippen LogP contribution in [-0.2, 0) is 11.2 Å². The van der Waals surface area contributed by atoms with Crippen molar-refractivity contribution in [3.8, 4) is 0 Å². The van der Waals surface area contributed by atoms with E-state index < -0.39 is 0 Å². The molecule has 0 N–H and O–H groups in total. The zero-order chi connectivity index (χ0) is 10.6. The molecule has 0 aliphatic rings. The Labute approximate surface area is 93.5 Å². The van der Waals surface area contributed by atoms with E-state index in [0.29, 0.717) is 13.0 Å². The molecule has 2 nitrogen and oxygen atoms in total. The molecule has 0 radical (unpaired) electrons. The minimum Gasteiger partial charge on any atom is -0.344 e. The topological polar surface area (TPSA) is 20.3 Å². The molecule has 1 amide bonds. The number of halogens is 1. The number of nitrogens with zero attached hydrogens (tertiary/aromatic N) is 1. The summed E-state index contributed by atoms with van der Waals surface area (Å²) in [4.78, 5) is 13.3. The summed E-state index contributed by atoms with van der Waals surface area (Å²) in [7, 11) is 1.79. The van der Waals surface area contributed by atoms with Crippen molar-refractivity contribution in [1.29, 1.82) is 0 Å². The molecule has 0 saturated carbocycles. The quantitative estimate of drug-likeness (QED) is 0.729. The number of amides is 1. The predicted octanol–water partition coefficient (Wildman–Crippen LogP) is 2.38. The molecule has 0 saturated heterocycles. The fourth-order valence-corrected chi connectivity index (χ4v) is 2.06. The molecule has 4 heteroatoms. The smallest absolute Gasteiger partial charge is 0.226 e. The van der Waals surface area contributed by atoms with Gasteiger partial charge in [0.2, 0.25) is 5.91 Å². The maximum atomic E-state index is 11.6. The van der Waals surface area contributed by atoms with Crippen molar-refractivity contribution >= 4 is 28.8 Å². The van der Waals surface area contributed by atoms with Crippen LogP contribution >= 0.6 is 22.9 Å². The van der Waals surface area contributed by atoms with Gasteiger partial charge < -0.3 is 4.90 Å². The van der Waals surface area contributed by atoms with E-state index >= 15 is 0 Å². The third kappa shape index (κ3) is 3.68. The van der Waals surface area contributed by atoms with E-state index in [9.17, 15) is 4.79 Å². The lowest BCUT2D eigenvalue weighted by Crippen LogP contribution is -2.32. The molecule has 78 valence electrons. The summed E-state index contributed by atoms with van der Waals surface area (Å²) in [5, 5.41) is 3.98. The first-order valence-corrected chi connectivity index (χ1v) is 5.86. The van der Waals surface area contributed by atoms with Gasteiger partial charge in [-0.3, -0.25) is 4.79 Å². The molecule has 1 unspecified atom stereocenters. The SMILES string of the molecule is CC(Cl)CN(C)C(=O)Cc1ccsc1. The van der Waals surface area contributed by atoms with Gasteiger partial charge in [0.15, 0.2) is 0 Å². The third-order valence-corrected chi connectivity index (χ3v) is 2.76. The zero-order valence-corrected chi connectivity index (χ0v) is 9.94. The first-order chi connectivity index (χ1) is 6.59. The molecular formula is C10H14ClNOS. The molecule has 1 rings (SSSR count). The number of alkyl halides is 1. The van der Waals surface area contributed by atoms with Crippen LogP contribution in [0.4, 0.5) is 0 Å². The van der Waals surface area contributed by atoms with E-state index in [1.807, 2.05) is 23.8 Å². The maximum absolute atomic E-state index is 11.6. The number of rotatable bonds is 4. The van der Waals surface area contributed by atoms with Crippen molar-refractivity contribution in [2.45, 2.75) is 18.7 Å². The minimum absolute atomic E-state index is 0.00595. The Morgan fingerprint density at radius 3 is 2.93 bits per heavy atom. The van der Waals surface area contributed by atoms with Crippen LogP contribution < -0.4 is 0 Å². The van der Waals surface area contributed by atoms with Gasteiger partial charge in [-0.1, -0.05) is 0 Å². The third-order valence-electron chi connectivity index (χ3n) is 1.89. The first kappa shape index (κ1) is 11.5. The summed E-state index contributed by atoms with van der Waals surface area (Å²) in [6, 6.07) is 1.97. The van der Waals surface area contributed by atoms with Gasteiger partial charge in [0.1, 0.15) is 0 Å². The van der Waals surface area contributed by atoms with Gasteiger partial charge in [0, 0.05) is 19.0 Å². The van der Waals surface area contributed by atoms with E-state index in [0.717, 1.165) is 5.56 Å². The molecule has 0 spiro atoms. The van der Waals surface area contributed by atoms with Crippen molar-refractivity contribution in [3.63, 3.8) is 0 Å². The number of hydrogen-bond acceptors (Lipinski definition) is 2. The minimum atomic E-state index is 0.00595. The van der Waals surface area contributed by atoms with E-state index in [1.165, 1.54) is 0 Å². The Hall–Kier alpha value is -0.540. The average molecular weight is 232 g/mol. The molecule has 0 fully saturated rings. The van der Waals surface area contributed by atoms with Gasteiger partial charge in [-0.05, 0) is 29.3 Å². The molecule has 0 aliphatic heterocycles. The fourth-order valence-electron chi connectivity index (χ4n) is 1.18. The van der Waals surface area contributed by atoms with Crippen molar-refractivity contribution in [3.05, 3.63) is 22.4 Å². The monoisotopic (exact) mass is 231 g/mol. The van der Waals surface area contributed by atoms with Gasteiger partial charge >= 0.3 is 0 Å². The van der Waals surface area contributed by atoms with E-state index in [4.69, 9.17) is 11.6 Å². The van der Waals surface area contributed by atoms with Crippen LogP contribution in [0.1, 0.15) is 12.5 Å². The molecule has 1 heterocycles. The predicted molar refractivity (Wildman–Crippen MR) is 61.0 cm³/mol. The summed E-state index contributed by atoms with van der Waals surface area (Å²) in [5.74, 6) is 0.121. The summed E-state index contributed by atoms with van der Waals surface area (Å²) in [6.45, 7) is 2.49. The molecule has 0 aromatic carbocycles. The fraction of sp³-hybridized carbons (Fsp3) is 0.500. The zero-order valence-electron chi connectivity index (χ0n) is 8.37. The van der Waals surface area contributed by atoms with Gasteiger partial charge in [-0.25, -0.2) is 0 Å². The van der Waals surface area contributed by atoms with Gasteiger partial charge in [-0.2, -0.15) is 11.3 Å². The lowest BCUT2D eigenvalue weighted by Gasteiger charge is -2.17. The highest BCUT2D eigenvalue weighted by molar-refractivity contribution is 7.07. The van der Waals surface area contributed by atoms with Crippen molar-refractivity contribution in [1.82, 2.24) is 4.90 Å². The Morgan fingerprint density at radius 2 is 2.43 bits per heavy atom. The standard InChI is InChI=1S/C10H14ClNOS/c1-8(11)6-12(2)10(13)5-9-3-4-14-7-9/h3-4,7-8H,5-6H2,1-2H3. The normalized spacial score (nSPS) is 12.5. The molecular weight excluding hydrogens is 218 g/mol. The van der Waals surface area contributed by atoms with E-state index in [1.54, 1.807) is 23.3 Å². The highest BCUT2D eigenvalue weighted by Gasteiger charge is 2.11. The number of thiophene rings is 1. The molecule has 1 aromatic heterocycles. The summed E-state index contributed by atoms with van der Waals surface area (Å²) in [6.07, 6.45) is 0.476. The Balaban J connectivity index is 2.42. The lowest BCUT2D eigenvalue weighted by atomic mass is 10.2. The average Bonchev–Trinajstić information content (AvgIpc) is 2.55. The van der Waals surface area contributed by atoms with Crippen molar-refractivity contribution in [2.24, 2.45) is 0 Å². The molecule has 1 aromatic rings. The molecule has 1 atom stereocenters. The van der Waals surface area contributed by atoms with Crippen molar-refractivity contribution in [2.75, 3.05) is 13.6 Å². The Bertz CT molecular complexity index is 284. The van der Waals surface area contributed by atoms with E-state index in [-0.39, 0.29) is 11.3 Å². The van der Waals surface area contributed by atoms with Crippen LogP contribution in [0.5, 0.6) is 0 Å². The van der Waals surface area contributed by atoms with Gasteiger partial charge in [0.25, 0.3) is 0 Å². The summed E-state index contributed by atoms with van der Waals surface area (Å²) >= 11 is 7.42. The Kier molecular flexibility index (Phi) is 4.42. The molecule has 0 aliphatic carbocycles. The number of carbonyl (C=O) groups excluding carboxylic acids is 1. The second-order valence-electron chi connectivity index (χ2n) is 3.36. The number of hydrogen-bond donors (Lipinski definition) is 0. The van der Waals surface area contributed by atoms with Crippen LogP contribution in [-0.4, -0.2) is 29.8 Å². The lowest BCUT2D eigenvalue weighted by molar-refractivity contribution is -0.129. The van der Waals surface area contributed by atoms with Crippen LogP contribution in [0.25, 0.3) is 0 Å². The summed E-state index contributed by atoms with van der Waals surface area (Å²) in [5.41, 5.74) is 1.08. The number of likely N-dealkylation sites (N-methyl/N-ethyl adjacent to an activating group) is 1. The van der Waals surface area contributed by atoms with E-state index in [2.05, 4.69) is 0 Å². The van der Waals surface area contributed by atoms with Gasteiger partial charge in [0.05, 0.1) is 6.42 Å². The van der Waals surface area contributed by atoms with Gasteiger partial charge in [-0.15, -0.1) is 11.6 Å². The first-order valence-electron chi connectivity index (χ1n) is 4.48. The molecule has 0 bridgehead atoms. The van der Waals surface area contributed by atoms with Crippen LogP contribution in [0.15, 0.2) is 16.8 Å². The Morgan fingerprint density at radius 1 is 1.71 bits per heavy atom. The maximum Gasteiger partial charge on any atom is 0.226 e.